The number of carbonyl (C=O) groups is 1. The van der Waals surface area contributed by atoms with E-state index in [1.165, 1.54) is 11.0 Å². The Morgan fingerprint density at radius 3 is 2.47 bits per heavy atom. The quantitative estimate of drug-likeness (QED) is 0.749. The Balaban J connectivity index is 3.10. The van der Waals surface area contributed by atoms with Crippen LogP contribution in [-0.2, 0) is 4.79 Å². The Morgan fingerprint density at radius 2 is 2.00 bits per heavy atom. The third-order valence-electron chi connectivity index (χ3n) is 2.20. The molecule has 1 aromatic rings. The predicted octanol–water partition coefficient (Wildman–Crippen LogP) is 2.98. The second kappa shape index (κ2) is 4.91. The maximum atomic E-state index is 13.5. The van der Waals surface area contributed by atoms with Crippen LogP contribution >= 0.6 is 0 Å². The van der Waals surface area contributed by atoms with E-state index in [1.54, 1.807) is 25.1 Å². The van der Waals surface area contributed by atoms with Gasteiger partial charge in [-0.25, -0.2) is 4.39 Å². The summed E-state index contributed by atoms with van der Waals surface area (Å²) < 4.78 is 13.5. The number of hydrogen-bond acceptors (Lipinski definition) is 1. The Bertz CT molecular complexity index is 349. The highest BCUT2D eigenvalue weighted by atomic mass is 19.1. The number of hydrogen-bond donors (Lipinski definition) is 0. The summed E-state index contributed by atoms with van der Waals surface area (Å²) in [5.74, 6) is -0.414. The molecule has 0 radical (unpaired) electrons. The summed E-state index contributed by atoms with van der Waals surface area (Å²) in [6, 6.07) is 6.32. The second-order valence-electron chi connectivity index (χ2n) is 3.66. The number of rotatable bonds is 3. The molecule has 1 rings (SSSR count). The zero-order valence-corrected chi connectivity index (χ0v) is 9.33. The zero-order valence-electron chi connectivity index (χ0n) is 9.33. The second-order valence-corrected chi connectivity index (χ2v) is 3.66. The van der Waals surface area contributed by atoms with Crippen molar-refractivity contribution >= 4 is 11.6 Å². The topological polar surface area (TPSA) is 20.3 Å². The van der Waals surface area contributed by atoms with Crippen LogP contribution in [0.2, 0.25) is 0 Å². The van der Waals surface area contributed by atoms with Crippen LogP contribution < -0.4 is 4.90 Å². The lowest BCUT2D eigenvalue weighted by Gasteiger charge is -2.26. The molecular formula is C12H16FNO. The van der Waals surface area contributed by atoms with E-state index in [-0.39, 0.29) is 17.8 Å². The average molecular weight is 209 g/mol. The lowest BCUT2D eigenvalue weighted by Crippen LogP contribution is -2.37. The van der Waals surface area contributed by atoms with Gasteiger partial charge in [0.25, 0.3) is 0 Å². The maximum absolute atomic E-state index is 13.5. The first-order chi connectivity index (χ1) is 7.07. The zero-order chi connectivity index (χ0) is 11.4. The Hall–Kier alpha value is -1.38. The molecule has 0 aliphatic carbocycles. The van der Waals surface area contributed by atoms with Crippen LogP contribution in [0.25, 0.3) is 0 Å². The number of para-hydroxylation sites is 1. The van der Waals surface area contributed by atoms with Gasteiger partial charge in [-0.15, -0.1) is 0 Å². The van der Waals surface area contributed by atoms with Crippen molar-refractivity contribution < 1.29 is 9.18 Å². The Labute approximate surface area is 89.7 Å². The van der Waals surface area contributed by atoms with Gasteiger partial charge in [0.2, 0.25) is 5.91 Å². The molecule has 0 heterocycles. The summed E-state index contributed by atoms with van der Waals surface area (Å²) >= 11 is 0. The first kappa shape index (κ1) is 11.7. The highest BCUT2D eigenvalue weighted by Gasteiger charge is 2.19. The largest absolute Gasteiger partial charge is 0.307 e. The minimum Gasteiger partial charge on any atom is -0.307 e. The lowest BCUT2D eigenvalue weighted by molar-refractivity contribution is -0.118. The first-order valence-corrected chi connectivity index (χ1v) is 5.14. The van der Waals surface area contributed by atoms with E-state index in [0.29, 0.717) is 12.1 Å². The van der Waals surface area contributed by atoms with Crippen molar-refractivity contribution in [3.8, 4) is 0 Å². The molecule has 0 aromatic heterocycles. The number of amides is 1. The molecule has 0 spiro atoms. The third kappa shape index (κ3) is 2.55. The molecule has 15 heavy (non-hydrogen) atoms. The van der Waals surface area contributed by atoms with Crippen molar-refractivity contribution in [1.82, 2.24) is 0 Å². The molecule has 0 fully saturated rings. The fourth-order valence-electron chi connectivity index (χ4n) is 1.52. The smallest absolute Gasteiger partial charge is 0.227 e. The van der Waals surface area contributed by atoms with Gasteiger partial charge in [0.05, 0.1) is 5.69 Å². The monoisotopic (exact) mass is 209 g/mol. The number of anilines is 1. The summed E-state index contributed by atoms with van der Waals surface area (Å²) in [7, 11) is 0. The fraction of sp³-hybridized carbons (Fsp3) is 0.417. The van der Waals surface area contributed by atoms with E-state index in [4.69, 9.17) is 0 Å². The first-order valence-electron chi connectivity index (χ1n) is 5.14. The molecule has 1 amide bonds. The van der Waals surface area contributed by atoms with Crippen LogP contribution in [0.4, 0.5) is 10.1 Å². The molecule has 1 aromatic carbocycles. The summed E-state index contributed by atoms with van der Waals surface area (Å²) in [5.41, 5.74) is 0.361. The van der Waals surface area contributed by atoms with Crippen molar-refractivity contribution in [2.24, 2.45) is 0 Å². The maximum Gasteiger partial charge on any atom is 0.227 e. The van der Waals surface area contributed by atoms with E-state index in [9.17, 15) is 9.18 Å². The normalized spacial score (nSPS) is 10.5. The van der Waals surface area contributed by atoms with Gasteiger partial charge in [-0.1, -0.05) is 19.1 Å². The van der Waals surface area contributed by atoms with Gasteiger partial charge in [-0.3, -0.25) is 4.79 Å². The van der Waals surface area contributed by atoms with E-state index in [1.807, 2.05) is 13.8 Å². The van der Waals surface area contributed by atoms with Gasteiger partial charge < -0.3 is 4.90 Å². The standard InChI is InChI=1S/C12H16FNO/c1-4-12(15)14(9(2)3)11-8-6-5-7-10(11)13/h5-9H,4H2,1-3H3. The summed E-state index contributed by atoms with van der Waals surface area (Å²) in [6.45, 7) is 5.53. The van der Waals surface area contributed by atoms with Crippen molar-refractivity contribution in [2.75, 3.05) is 4.90 Å². The third-order valence-corrected chi connectivity index (χ3v) is 2.20. The fourth-order valence-corrected chi connectivity index (χ4v) is 1.52. The highest BCUT2D eigenvalue weighted by Crippen LogP contribution is 2.21. The number of halogens is 1. The molecule has 0 N–H and O–H groups in total. The minimum atomic E-state index is -0.354. The summed E-state index contributed by atoms with van der Waals surface area (Å²) in [4.78, 5) is 13.2. The van der Waals surface area contributed by atoms with Crippen LogP contribution in [0.1, 0.15) is 27.2 Å². The van der Waals surface area contributed by atoms with Gasteiger partial charge >= 0.3 is 0 Å². The molecule has 2 nitrogen and oxygen atoms in total. The van der Waals surface area contributed by atoms with Crippen LogP contribution in [-0.4, -0.2) is 11.9 Å². The molecular weight excluding hydrogens is 193 g/mol. The van der Waals surface area contributed by atoms with Crippen LogP contribution in [0.15, 0.2) is 24.3 Å². The number of carbonyl (C=O) groups excluding carboxylic acids is 1. The molecule has 82 valence electrons. The molecule has 0 bridgehead atoms. The average Bonchev–Trinajstić information content (AvgIpc) is 2.20. The minimum absolute atomic E-state index is 0.0330. The van der Waals surface area contributed by atoms with Crippen LogP contribution in [0, 0.1) is 5.82 Å². The van der Waals surface area contributed by atoms with E-state index in [2.05, 4.69) is 0 Å². The van der Waals surface area contributed by atoms with E-state index in [0.717, 1.165) is 0 Å². The molecule has 0 aliphatic heterocycles. The molecule has 0 saturated heterocycles. The Kier molecular flexibility index (Phi) is 3.83. The highest BCUT2D eigenvalue weighted by molar-refractivity contribution is 5.93. The van der Waals surface area contributed by atoms with Crippen molar-refractivity contribution in [3.63, 3.8) is 0 Å². The van der Waals surface area contributed by atoms with E-state index < -0.39 is 0 Å². The van der Waals surface area contributed by atoms with Gasteiger partial charge in [0.15, 0.2) is 0 Å². The van der Waals surface area contributed by atoms with Gasteiger partial charge in [-0.2, -0.15) is 0 Å². The summed E-state index contributed by atoms with van der Waals surface area (Å²) in [6.07, 6.45) is 0.381. The number of nitrogens with zero attached hydrogens (tertiary/aromatic N) is 1. The van der Waals surface area contributed by atoms with Crippen molar-refractivity contribution in [3.05, 3.63) is 30.1 Å². The SMILES string of the molecule is CCC(=O)N(c1ccccc1F)C(C)C. The van der Waals surface area contributed by atoms with Crippen molar-refractivity contribution in [1.29, 1.82) is 0 Å². The predicted molar refractivity (Wildman–Crippen MR) is 59.3 cm³/mol. The molecule has 0 saturated carbocycles. The molecule has 0 unspecified atom stereocenters. The Morgan fingerprint density at radius 1 is 1.40 bits per heavy atom. The number of benzene rings is 1. The molecule has 0 atom stereocenters. The lowest BCUT2D eigenvalue weighted by atomic mass is 10.2. The van der Waals surface area contributed by atoms with Crippen molar-refractivity contribution in [2.45, 2.75) is 33.2 Å². The summed E-state index contributed by atoms with van der Waals surface area (Å²) in [5, 5.41) is 0. The van der Waals surface area contributed by atoms with Crippen LogP contribution in [0.5, 0.6) is 0 Å². The van der Waals surface area contributed by atoms with Gasteiger partial charge in [-0.05, 0) is 26.0 Å². The van der Waals surface area contributed by atoms with Crippen LogP contribution in [0.3, 0.4) is 0 Å². The molecule has 0 aliphatic rings. The van der Waals surface area contributed by atoms with E-state index >= 15 is 0 Å². The van der Waals surface area contributed by atoms with Gasteiger partial charge in [0, 0.05) is 12.5 Å². The molecule has 3 heteroatoms. The van der Waals surface area contributed by atoms with Gasteiger partial charge in [0.1, 0.15) is 5.82 Å².